The number of fused-ring (bicyclic) bond motifs is 1. The van der Waals surface area contributed by atoms with Crippen LogP contribution in [0.1, 0.15) is 82.1 Å². The number of benzene rings is 1. The van der Waals surface area contributed by atoms with Crippen molar-refractivity contribution < 1.29 is 19.2 Å². The molecule has 1 saturated heterocycles. The van der Waals surface area contributed by atoms with Crippen LogP contribution in [0.4, 0.5) is 0 Å². The Morgan fingerprint density at radius 1 is 1.18 bits per heavy atom. The molecule has 1 aliphatic heterocycles. The molecule has 3 fully saturated rings. The molecule has 2 unspecified atom stereocenters. The molecule has 204 valence electrons. The van der Waals surface area contributed by atoms with Gasteiger partial charge in [0.25, 0.3) is 5.91 Å². The number of ketones is 1. The number of hydrogen-bond donors (Lipinski definition) is 3. The molecule has 5 rings (SSSR count). The van der Waals surface area contributed by atoms with Crippen molar-refractivity contribution in [3.05, 3.63) is 35.0 Å². The van der Waals surface area contributed by atoms with Gasteiger partial charge in [-0.1, -0.05) is 56.8 Å². The average Bonchev–Trinajstić information content (AvgIpc) is 3.52. The molecule has 2 saturated carbocycles. The molecule has 3 amide bonds. The number of likely N-dealkylation sites (tertiary alicyclic amines) is 1. The van der Waals surface area contributed by atoms with Crippen LogP contribution in [0.25, 0.3) is 10.9 Å². The van der Waals surface area contributed by atoms with Gasteiger partial charge in [-0.05, 0) is 55.1 Å². The van der Waals surface area contributed by atoms with E-state index in [1.807, 2.05) is 26.0 Å². The molecule has 3 aliphatic rings. The van der Waals surface area contributed by atoms with E-state index in [-0.39, 0.29) is 40.8 Å². The summed E-state index contributed by atoms with van der Waals surface area (Å²) in [5.41, 5.74) is 6.51. The van der Waals surface area contributed by atoms with E-state index in [1.165, 1.54) is 0 Å². The highest BCUT2D eigenvalue weighted by atomic mass is 35.5. The lowest BCUT2D eigenvalue weighted by atomic mass is 9.72. The average molecular weight is 541 g/mol. The third-order valence-electron chi connectivity index (χ3n) is 8.91. The van der Waals surface area contributed by atoms with Gasteiger partial charge < -0.3 is 20.9 Å². The number of primary amides is 1. The number of Topliss-reactive ketones (excluding diaryl/α,β-unsaturated/α-hetero) is 1. The predicted molar refractivity (Wildman–Crippen MR) is 146 cm³/mol. The summed E-state index contributed by atoms with van der Waals surface area (Å²) in [4.78, 5) is 57.3. The van der Waals surface area contributed by atoms with Crippen molar-refractivity contribution in [2.45, 2.75) is 83.7 Å². The molecule has 3 atom stereocenters. The number of amides is 3. The van der Waals surface area contributed by atoms with Crippen LogP contribution in [0.3, 0.4) is 0 Å². The summed E-state index contributed by atoms with van der Waals surface area (Å²) in [6.07, 6.45) is 7.08. The molecule has 0 radical (unpaired) electrons. The molecule has 1 aromatic carbocycles. The van der Waals surface area contributed by atoms with Crippen molar-refractivity contribution in [2.24, 2.45) is 22.5 Å². The van der Waals surface area contributed by atoms with Crippen molar-refractivity contribution in [3.63, 3.8) is 0 Å². The molecule has 2 aromatic rings. The Bertz CT molecular complexity index is 1280. The maximum atomic E-state index is 13.8. The standard InChI is InChI=1S/C29H37ClN4O4/c1-28(2)13-18(23(35)15-28)12-20(25(31)36)33-26(37)22-14-29(9-4-3-5-10-29)16-34(22)27(38)21-11-17-7-6-8-19(30)24(17)32-21/h6-8,11,18,20,22,32H,3-5,9-10,12-16H2,1-2H3,(H2,31,36)(H,33,37)/t18?,20-,22?/m0/s1. The second-order valence-corrected chi connectivity index (χ2v) is 12.9. The van der Waals surface area contributed by atoms with E-state index in [9.17, 15) is 19.2 Å². The number of halogens is 1. The van der Waals surface area contributed by atoms with Crippen LogP contribution in [-0.4, -0.2) is 52.0 Å². The van der Waals surface area contributed by atoms with E-state index in [0.717, 1.165) is 37.5 Å². The van der Waals surface area contributed by atoms with Crippen LogP contribution in [0.15, 0.2) is 24.3 Å². The first-order chi connectivity index (χ1) is 18.0. The summed E-state index contributed by atoms with van der Waals surface area (Å²) < 4.78 is 0. The molecule has 1 spiro atoms. The van der Waals surface area contributed by atoms with Crippen LogP contribution in [0, 0.1) is 16.7 Å². The fourth-order valence-electron chi connectivity index (χ4n) is 7.04. The summed E-state index contributed by atoms with van der Waals surface area (Å²) in [7, 11) is 0. The van der Waals surface area contributed by atoms with Gasteiger partial charge in [-0.25, -0.2) is 0 Å². The molecular formula is C29H37ClN4O4. The summed E-state index contributed by atoms with van der Waals surface area (Å²) in [5, 5.41) is 4.18. The summed E-state index contributed by atoms with van der Waals surface area (Å²) >= 11 is 6.33. The summed E-state index contributed by atoms with van der Waals surface area (Å²) in [6.45, 7) is 4.56. The Hall–Kier alpha value is -2.87. The van der Waals surface area contributed by atoms with Gasteiger partial charge in [0.15, 0.2) is 0 Å². The molecule has 8 nitrogen and oxygen atoms in total. The molecule has 2 aliphatic carbocycles. The Kier molecular flexibility index (Phi) is 7.05. The Morgan fingerprint density at radius 2 is 1.92 bits per heavy atom. The fraction of sp³-hybridized carbons (Fsp3) is 0.586. The largest absolute Gasteiger partial charge is 0.368 e. The van der Waals surface area contributed by atoms with Crippen molar-refractivity contribution >= 4 is 46.0 Å². The summed E-state index contributed by atoms with van der Waals surface area (Å²) in [5.74, 6) is -1.52. The van der Waals surface area contributed by atoms with Gasteiger partial charge in [0, 0.05) is 24.3 Å². The van der Waals surface area contributed by atoms with Crippen molar-refractivity contribution in [1.29, 1.82) is 0 Å². The SMILES string of the molecule is CC1(C)CC(=O)C(C[C@H](NC(=O)C2CC3(CCCCC3)CN2C(=O)c2cc3cccc(Cl)c3[nH]2)C(N)=O)C1. The maximum absolute atomic E-state index is 13.8. The number of nitrogens with zero attached hydrogens (tertiary/aromatic N) is 1. The number of nitrogens with one attached hydrogen (secondary N) is 2. The second kappa shape index (κ2) is 10.0. The van der Waals surface area contributed by atoms with Gasteiger partial charge in [-0.3, -0.25) is 19.2 Å². The zero-order valence-corrected chi connectivity index (χ0v) is 22.9. The predicted octanol–water partition coefficient (Wildman–Crippen LogP) is 4.35. The van der Waals surface area contributed by atoms with Crippen LogP contribution in [0.2, 0.25) is 5.02 Å². The van der Waals surface area contributed by atoms with E-state index in [1.54, 1.807) is 17.0 Å². The van der Waals surface area contributed by atoms with E-state index < -0.39 is 18.0 Å². The van der Waals surface area contributed by atoms with Crippen molar-refractivity contribution in [3.8, 4) is 0 Å². The minimum Gasteiger partial charge on any atom is -0.368 e. The molecule has 0 bridgehead atoms. The van der Waals surface area contributed by atoms with E-state index in [0.29, 0.717) is 42.0 Å². The minimum absolute atomic E-state index is 0.104. The fourth-order valence-corrected chi connectivity index (χ4v) is 7.27. The number of H-pyrrole nitrogens is 1. The molecular weight excluding hydrogens is 504 g/mol. The molecule has 2 heterocycles. The minimum atomic E-state index is -0.961. The normalized spacial score (nSPS) is 25.1. The van der Waals surface area contributed by atoms with Gasteiger partial charge in [-0.2, -0.15) is 0 Å². The van der Waals surface area contributed by atoms with E-state index in [4.69, 9.17) is 17.3 Å². The van der Waals surface area contributed by atoms with Crippen LogP contribution < -0.4 is 11.1 Å². The lowest BCUT2D eigenvalue weighted by Crippen LogP contribution is -2.53. The quantitative estimate of drug-likeness (QED) is 0.503. The highest BCUT2D eigenvalue weighted by molar-refractivity contribution is 6.35. The Labute approximate surface area is 228 Å². The lowest BCUT2D eigenvalue weighted by Gasteiger charge is -2.32. The van der Waals surface area contributed by atoms with E-state index in [2.05, 4.69) is 10.3 Å². The summed E-state index contributed by atoms with van der Waals surface area (Å²) in [6, 6.07) is 5.56. The van der Waals surface area contributed by atoms with Gasteiger partial charge in [0.05, 0.1) is 10.5 Å². The Balaban J connectivity index is 1.38. The van der Waals surface area contributed by atoms with Crippen molar-refractivity contribution in [2.75, 3.05) is 6.54 Å². The third-order valence-corrected chi connectivity index (χ3v) is 9.22. The first-order valence-corrected chi connectivity index (χ1v) is 14.1. The number of aromatic amines is 1. The van der Waals surface area contributed by atoms with Gasteiger partial charge in [-0.15, -0.1) is 0 Å². The number of rotatable bonds is 6. The first-order valence-electron chi connectivity index (χ1n) is 13.7. The number of para-hydroxylation sites is 1. The van der Waals surface area contributed by atoms with Crippen LogP contribution in [0.5, 0.6) is 0 Å². The van der Waals surface area contributed by atoms with Crippen LogP contribution >= 0.6 is 11.6 Å². The first kappa shape index (κ1) is 26.7. The number of hydrogen-bond acceptors (Lipinski definition) is 4. The molecule has 38 heavy (non-hydrogen) atoms. The smallest absolute Gasteiger partial charge is 0.271 e. The lowest BCUT2D eigenvalue weighted by molar-refractivity contribution is -0.130. The molecule has 9 heteroatoms. The van der Waals surface area contributed by atoms with Gasteiger partial charge in [0.2, 0.25) is 11.8 Å². The van der Waals surface area contributed by atoms with Crippen molar-refractivity contribution in [1.82, 2.24) is 15.2 Å². The topological polar surface area (TPSA) is 125 Å². The second-order valence-electron chi connectivity index (χ2n) is 12.5. The van der Waals surface area contributed by atoms with Gasteiger partial charge >= 0.3 is 0 Å². The van der Waals surface area contributed by atoms with Gasteiger partial charge in [0.1, 0.15) is 23.6 Å². The number of carbonyl (C=O) groups is 4. The van der Waals surface area contributed by atoms with E-state index >= 15 is 0 Å². The van der Waals surface area contributed by atoms with Crippen LogP contribution in [-0.2, 0) is 14.4 Å². The zero-order chi connectivity index (χ0) is 27.2. The molecule has 4 N–H and O–H groups in total. The highest BCUT2D eigenvalue weighted by Crippen LogP contribution is 2.47. The zero-order valence-electron chi connectivity index (χ0n) is 22.1. The number of nitrogens with two attached hydrogens (primary N) is 1. The molecule has 1 aromatic heterocycles. The monoisotopic (exact) mass is 540 g/mol. The highest BCUT2D eigenvalue weighted by Gasteiger charge is 2.50. The third kappa shape index (κ3) is 5.20. The number of carbonyl (C=O) groups excluding carboxylic acids is 4. The maximum Gasteiger partial charge on any atom is 0.271 e. The number of aromatic nitrogens is 1. The Morgan fingerprint density at radius 3 is 2.55 bits per heavy atom.